The standard InChI is InChI=1S/C16H12ClF3N2O2S/c1-8(22-24)7-25-14-4-9(2-3-11(14)17)16(23)21-10-5-12(18)15(20)13(19)6-10/h2-6,8H,7H2,1H3,(H,21,23). The Bertz CT molecular complexity index is 797. The molecule has 0 spiro atoms. The first-order chi connectivity index (χ1) is 11.8. The van der Waals surface area contributed by atoms with E-state index in [1.54, 1.807) is 6.92 Å². The zero-order chi connectivity index (χ0) is 18.6. The van der Waals surface area contributed by atoms with Crippen LogP contribution in [0.25, 0.3) is 0 Å². The topological polar surface area (TPSA) is 58.5 Å². The van der Waals surface area contributed by atoms with Gasteiger partial charge >= 0.3 is 0 Å². The van der Waals surface area contributed by atoms with Gasteiger partial charge in [0.05, 0.1) is 11.1 Å². The van der Waals surface area contributed by atoms with E-state index in [4.69, 9.17) is 11.6 Å². The maximum Gasteiger partial charge on any atom is 0.255 e. The van der Waals surface area contributed by atoms with Gasteiger partial charge in [0.15, 0.2) is 17.5 Å². The molecule has 0 aliphatic carbocycles. The van der Waals surface area contributed by atoms with E-state index >= 15 is 0 Å². The van der Waals surface area contributed by atoms with Crippen LogP contribution in [0.3, 0.4) is 0 Å². The molecule has 1 N–H and O–H groups in total. The van der Waals surface area contributed by atoms with Crippen molar-refractivity contribution in [1.29, 1.82) is 0 Å². The summed E-state index contributed by atoms with van der Waals surface area (Å²) in [7, 11) is 0. The highest BCUT2D eigenvalue weighted by atomic mass is 35.5. The van der Waals surface area contributed by atoms with Crippen molar-refractivity contribution in [2.24, 2.45) is 5.18 Å². The number of benzene rings is 2. The molecule has 0 aliphatic heterocycles. The minimum atomic E-state index is -1.61. The minimum absolute atomic E-state index is 0.184. The van der Waals surface area contributed by atoms with E-state index in [1.165, 1.54) is 30.0 Å². The fourth-order valence-corrected chi connectivity index (χ4v) is 3.01. The zero-order valence-electron chi connectivity index (χ0n) is 12.9. The Hall–Kier alpha value is -2.06. The Morgan fingerprint density at radius 2 is 1.88 bits per heavy atom. The van der Waals surface area contributed by atoms with Gasteiger partial charge in [0, 0.05) is 34.0 Å². The van der Waals surface area contributed by atoms with Crippen molar-refractivity contribution < 1.29 is 18.0 Å². The van der Waals surface area contributed by atoms with Gasteiger partial charge in [-0.25, -0.2) is 13.2 Å². The van der Waals surface area contributed by atoms with Crippen LogP contribution in [0.5, 0.6) is 0 Å². The van der Waals surface area contributed by atoms with Crippen LogP contribution in [-0.2, 0) is 0 Å². The predicted molar refractivity (Wildman–Crippen MR) is 91.7 cm³/mol. The van der Waals surface area contributed by atoms with Crippen molar-refractivity contribution in [3.8, 4) is 0 Å². The molecule has 25 heavy (non-hydrogen) atoms. The molecule has 0 aromatic heterocycles. The van der Waals surface area contributed by atoms with Gasteiger partial charge in [-0.2, -0.15) is 4.91 Å². The lowest BCUT2D eigenvalue weighted by molar-refractivity contribution is 0.102. The predicted octanol–water partition coefficient (Wildman–Crippen LogP) is 5.26. The molecule has 0 heterocycles. The van der Waals surface area contributed by atoms with Crippen LogP contribution in [0.1, 0.15) is 17.3 Å². The van der Waals surface area contributed by atoms with Crippen LogP contribution in [-0.4, -0.2) is 17.7 Å². The average Bonchev–Trinajstić information content (AvgIpc) is 2.58. The number of hydrogen-bond donors (Lipinski definition) is 1. The second kappa shape index (κ2) is 8.35. The fraction of sp³-hybridized carbons (Fsp3) is 0.188. The molecule has 2 rings (SSSR count). The van der Waals surface area contributed by atoms with Crippen LogP contribution >= 0.6 is 23.4 Å². The minimum Gasteiger partial charge on any atom is -0.322 e. The van der Waals surface area contributed by atoms with Crippen LogP contribution in [0, 0.1) is 22.4 Å². The van der Waals surface area contributed by atoms with Crippen LogP contribution in [0.2, 0.25) is 5.02 Å². The van der Waals surface area contributed by atoms with Crippen molar-refractivity contribution in [3.05, 3.63) is 63.3 Å². The summed E-state index contributed by atoms with van der Waals surface area (Å²) in [6, 6.07) is 5.33. The van der Waals surface area contributed by atoms with Crippen LogP contribution in [0.15, 0.2) is 40.4 Å². The SMILES string of the molecule is CC(CSc1cc(C(=O)Nc2cc(F)c(F)c(F)c2)ccc1Cl)N=O. The molecule has 132 valence electrons. The van der Waals surface area contributed by atoms with Crippen LogP contribution < -0.4 is 5.32 Å². The summed E-state index contributed by atoms with van der Waals surface area (Å²) in [5, 5.41) is 5.55. The van der Waals surface area contributed by atoms with Gasteiger partial charge in [-0.15, -0.1) is 11.8 Å². The molecule has 0 aliphatic rings. The summed E-state index contributed by atoms with van der Waals surface area (Å²) in [6.45, 7) is 1.64. The number of hydrogen-bond acceptors (Lipinski definition) is 4. The molecule has 0 radical (unpaired) electrons. The van der Waals surface area contributed by atoms with Gasteiger partial charge in [0.25, 0.3) is 5.91 Å². The van der Waals surface area contributed by atoms with Gasteiger partial charge in [0.1, 0.15) is 0 Å². The third-order valence-corrected chi connectivity index (χ3v) is 4.83. The summed E-state index contributed by atoms with van der Waals surface area (Å²) in [4.78, 5) is 23.2. The normalized spacial score (nSPS) is 11.9. The second-order valence-corrected chi connectivity index (χ2v) is 6.59. The molecular formula is C16H12ClF3N2O2S. The Labute approximate surface area is 150 Å². The highest BCUT2D eigenvalue weighted by molar-refractivity contribution is 7.99. The Kier molecular flexibility index (Phi) is 6.44. The molecular weight excluding hydrogens is 377 g/mol. The van der Waals surface area contributed by atoms with E-state index in [9.17, 15) is 22.9 Å². The van der Waals surface area contributed by atoms with Crippen molar-refractivity contribution in [1.82, 2.24) is 0 Å². The van der Waals surface area contributed by atoms with E-state index in [0.717, 1.165) is 0 Å². The largest absolute Gasteiger partial charge is 0.322 e. The number of nitrogens with one attached hydrogen (secondary N) is 1. The van der Waals surface area contributed by atoms with Gasteiger partial charge in [-0.3, -0.25) is 4.79 Å². The monoisotopic (exact) mass is 388 g/mol. The van der Waals surface area contributed by atoms with Gasteiger partial charge < -0.3 is 5.32 Å². The molecule has 0 bridgehead atoms. The average molecular weight is 389 g/mol. The number of anilines is 1. The molecule has 0 saturated carbocycles. The Balaban J connectivity index is 2.18. The van der Waals surface area contributed by atoms with Crippen molar-refractivity contribution in [2.75, 3.05) is 11.1 Å². The summed E-state index contributed by atoms with van der Waals surface area (Å²) in [5.74, 6) is -4.69. The molecule has 4 nitrogen and oxygen atoms in total. The number of nitroso groups, excluding NO2 is 1. The van der Waals surface area contributed by atoms with Crippen LogP contribution in [0.4, 0.5) is 18.9 Å². The number of carbonyl (C=O) groups excluding carboxylic acids is 1. The third-order valence-electron chi connectivity index (χ3n) is 3.10. The number of rotatable bonds is 6. The number of halogens is 4. The maximum atomic E-state index is 13.2. The summed E-state index contributed by atoms with van der Waals surface area (Å²) >= 11 is 7.29. The first kappa shape index (κ1) is 19.3. The number of carbonyl (C=O) groups is 1. The van der Waals surface area contributed by atoms with E-state index in [0.29, 0.717) is 27.8 Å². The lowest BCUT2D eigenvalue weighted by Crippen LogP contribution is -2.13. The Morgan fingerprint density at radius 1 is 1.24 bits per heavy atom. The molecule has 1 unspecified atom stereocenters. The molecule has 9 heteroatoms. The molecule has 2 aromatic carbocycles. The van der Waals surface area contributed by atoms with E-state index < -0.39 is 29.4 Å². The highest BCUT2D eigenvalue weighted by Gasteiger charge is 2.14. The molecule has 1 amide bonds. The second-order valence-electron chi connectivity index (χ2n) is 5.12. The van der Waals surface area contributed by atoms with E-state index in [2.05, 4.69) is 10.5 Å². The number of amides is 1. The maximum absolute atomic E-state index is 13.2. The van der Waals surface area contributed by atoms with Gasteiger partial charge in [-0.05, 0) is 25.1 Å². The van der Waals surface area contributed by atoms with Gasteiger partial charge in [-0.1, -0.05) is 16.8 Å². The fourth-order valence-electron chi connectivity index (χ4n) is 1.83. The lowest BCUT2D eigenvalue weighted by atomic mass is 10.2. The molecule has 2 aromatic rings. The first-order valence-corrected chi connectivity index (χ1v) is 8.39. The lowest BCUT2D eigenvalue weighted by Gasteiger charge is -2.09. The highest BCUT2D eigenvalue weighted by Crippen LogP contribution is 2.29. The Morgan fingerprint density at radius 3 is 2.48 bits per heavy atom. The summed E-state index contributed by atoms with van der Waals surface area (Å²) < 4.78 is 39.3. The molecule has 1 atom stereocenters. The first-order valence-electron chi connectivity index (χ1n) is 7.02. The summed E-state index contributed by atoms with van der Waals surface area (Å²) in [5.41, 5.74) is -0.0342. The summed E-state index contributed by atoms with van der Waals surface area (Å²) in [6.07, 6.45) is 0. The van der Waals surface area contributed by atoms with Crippen molar-refractivity contribution in [2.45, 2.75) is 17.9 Å². The van der Waals surface area contributed by atoms with Crippen molar-refractivity contribution in [3.63, 3.8) is 0 Å². The van der Waals surface area contributed by atoms with Gasteiger partial charge in [0.2, 0.25) is 0 Å². The smallest absolute Gasteiger partial charge is 0.255 e. The quantitative estimate of drug-likeness (QED) is 0.417. The molecule has 0 saturated heterocycles. The molecule has 0 fully saturated rings. The third kappa shape index (κ3) is 4.96. The van der Waals surface area contributed by atoms with E-state index in [1.807, 2.05) is 0 Å². The van der Waals surface area contributed by atoms with E-state index in [-0.39, 0.29) is 11.3 Å². The number of thioether (sulfide) groups is 1. The van der Waals surface area contributed by atoms with Crippen molar-refractivity contribution >= 4 is 35.0 Å². The number of nitrogens with zero attached hydrogens (tertiary/aromatic N) is 1. The zero-order valence-corrected chi connectivity index (χ0v) is 14.4.